The Morgan fingerprint density at radius 2 is 1.96 bits per heavy atom. The highest BCUT2D eigenvalue weighted by Crippen LogP contribution is 2.35. The van der Waals surface area contributed by atoms with Crippen molar-refractivity contribution in [3.05, 3.63) is 47.2 Å². The maximum atomic E-state index is 11.3. The molecule has 7 heteroatoms. The van der Waals surface area contributed by atoms with Crippen LogP contribution >= 0.6 is 11.6 Å². The molecule has 3 aromatic rings. The summed E-state index contributed by atoms with van der Waals surface area (Å²) in [7, 11) is 1.50. The van der Waals surface area contributed by atoms with Crippen molar-refractivity contribution in [2.45, 2.75) is 13.8 Å². The summed E-state index contributed by atoms with van der Waals surface area (Å²) in [6.07, 6.45) is 1.45. The van der Waals surface area contributed by atoms with Gasteiger partial charge in [0.25, 0.3) is 0 Å². The number of aryl methyl sites for hydroxylation is 1. The quantitative estimate of drug-likeness (QED) is 0.555. The van der Waals surface area contributed by atoms with Crippen LogP contribution in [0.15, 0.2) is 36.7 Å². The number of halogens is 1. The fourth-order valence-electron chi connectivity index (χ4n) is 2.41. The van der Waals surface area contributed by atoms with E-state index in [0.717, 1.165) is 11.3 Å². The van der Waals surface area contributed by atoms with Crippen molar-refractivity contribution < 1.29 is 14.3 Å². The number of nitrogens with zero attached hydrogens (tertiary/aromatic N) is 2. The molecule has 1 aromatic heterocycles. The van der Waals surface area contributed by atoms with E-state index in [1.165, 1.54) is 20.4 Å². The average molecular weight is 358 g/mol. The summed E-state index contributed by atoms with van der Waals surface area (Å²) in [6.45, 7) is 3.30. The van der Waals surface area contributed by atoms with E-state index < -0.39 is 5.97 Å². The Morgan fingerprint density at radius 3 is 2.68 bits per heavy atom. The zero-order chi connectivity index (χ0) is 18.0. The molecule has 0 spiro atoms. The molecule has 1 heterocycles. The van der Waals surface area contributed by atoms with Crippen LogP contribution in [-0.4, -0.2) is 23.0 Å². The molecule has 2 aromatic carbocycles. The molecule has 128 valence electrons. The van der Waals surface area contributed by atoms with Crippen LogP contribution in [0.3, 0.4) is 0 Å². The first-order valence-electron chi connectivity index (χ1n) is 7.52. The molecule has 0 unspecified atom stereocenters. The summed E-state index contributed by atoms with van der Waals surface area (Å²) in [4.78, 5) is 19.9. The number of nitrogens with one attached hydrogen (secondary N) is 1. The molecule has 0 aliphatic carbocycles. The number of benzene rings is 2. The molecule has 0 atom stereocenters. The molecule has 0 radical (unpaired) electrons. The Balaban J connectivity index is 2.12. The van der Waals surface area contributed by atoms with Crippen LogP contribution in [0.4, 0.5) is 11.5 Å². The summed E-state index contributed by atoms with van der Waals surface area (Å²) in [6, 6.07) is 8.94. The minimum Gasteiger partial charge on any atom is -0.493 e. The van der Waals surface area contributed by atoms with Gasteiger partial charge >= 0.3 is 5.97 Å². The Labute approximate surface area is 149 Å². The monoisotopic (exact) mass is 357 g/mol. The van der Waals surface area contributed by atoms with Crippen molar-refractivity contribution in [3.63, 3.8) is 0 Å². The van der Waals surface area contributed by atoms with Crippen molar-refractivity contribution in [1.82, 2.24) is 9.97 Å². The van der Waals surface area contributed by atoms with Crippen molar-refractivity contribution in [2.75, 3.05) is 12.4 Å². The number of ether oxygens (including phenoxy) is 2. The standard InChI is InChI=1S/C18H16ClN3O3/c1-10-4-5-12(19)6-14(10)22-18-13-7-17(25-11(2)23)16(24-3)8-15(13)20-9-21-18/h4-9H,1-3H3,(H,20,21,22). The van der Waals surface area contributed by atoms with Crippen LogP contribution in [0, 0.1) is 6.92 Å². The number of hydrogen-bond donors (Lipinski definition) is 1. The Morgan fingerprint density at radius 1 is 1.16 bits per heavy atom. The van der Waals surface area contributed by atoms with Gasteiger partial charge in [-0.25, -0.2) is 9.97 Å². The largest absolute Gasteiger partial charge is 0.493 e. The van der Waals surface area contributed by atoms with Gasteiger partial charge in [0.1, 0.15) is 12.1 Å². The predicted molar refractivity (Wildman–Crippen MR) is 96.9 cm³/mol. The third-order valence-electron chi connectivity index (χ3n) is 3.63. The summed E-state index contributed by atoms with van der Waals surface area (Å²) < 4.78 is 10.5. The number of esters is 1. The van der Waals surface area contributed by atoms with Crippen molar-refractivity contribution in [3.8, 4) is 11.5 Å². The molecule has 0 amide bonds. The van der Waals surface area contributed by atoms with Crippen LogP contribution in [0.25, 0.3) is 10.9 Å². The van der Waals surface area contributed by atoms with E-state index in [1.54, 1.807) is 12.1 Å². The lowest BCUT2D eigenvalue weighted by atomic mass is 10.1. The van der Waals surface area contributed by atoms with Crippen molar-refractivity contribution in [2.24, 2.45) is 0 Å². The minimum atomic E-state index is -0.435. The van der Waals surface area contributed by atoms with Crippen LogP contribution in [0.1, 0.15) is 12.5 Å². The summed E-state index contributed by atoms with van der Waals surface area (Å²) in [5, 5.41) is 4.57. The first-order chi connectivity index (χ1) is 12.0. The van der Waals surface area contributed by atoms with Gasteiger partial charge in [0.15, 0.2) is 11.5 Å². The van der Waals surface area contributed by atoms with E-state index >= 15 is 0 Å². The second kappa shape index (κ2) is 6.94. The number of aromatic nitrogens is 2. The molecule has 6 nitrogen and oxygen atoms in total. The molecule has 0 fully saturated rings. The number of carbonyl (C=O) groups is 1. The molecule has 3 rings (SSSR count). The molecule has 25 heavy (non-hydrogen) atoms. The number of carbonyl (C=O) groups excluding carboxylic acids is 1. The number of fused-ring (bicyclic) bond motifs is 1. The van der Waals surface area contributed by atoms with E-state index in [1.807, 2.05) is 25.1 Å². The Kier molecular flexibility index (Phi) is 4.72. The van der Waals surface area contributed by atoms with Gasteiger partial charge in [0.2, 0.25) is 0 Å². The molecule has 1 N–H and O–H groups in total. The highest BCUT2D eigenvalue weighted by atomic mass is 35.5. The van der Waals surface area contributed by atoms with Gasteiger partial charge in [-0.2, -0.15) is 0 Å². The number of methoxy groups -OCH3 is 1. The van der Waals surface area contributed by atoms with Crippen molar-refractivity contribution in [1.29, 1.82) is 0 Å². The third kappa shape index (κ3) is 3.64. The van der Waals surface area contributed by atoms with Gasteiger partial charge in [-0.15, -0.1) is 0 Å². The lowest BCUT2D eigenvalue weighted by Crippen LogP contribution is -2.04. The van der Waals surface area contributed by atoms with E-state index in [0.29, 0.717) is 33.2 Å². The smallest absolute Gasteiger partial charge is 0.308 e. The van der Waals surface area contributed by atoms with Crippen LogP contribution in [-0.2, 0) is 4.79 Å². The highest BCUT2D eigenvalue weighted by Gasteiger charge is 2.13. The highest BCUT2D eigenvalue weighted by molar-refractivity contribution is 6.30. The SMILES string of the molecule is COc1cc2ncnc(Nc3cc(Cl)ccc3C)c2cc1OC(C)=O. The molecule has 0 saturated carbocycles. The maximum absolute atomic E-state index is 11.3. The predicted octanol–water partition coefficient (Wildman–Crippen LogP) is 4.27. The van der Waals surface area contributed by atoms with E-state index in [-0.39, 0.29) is 0 Å². The van der Waals surface area contributed by atoms with Crippen molar-refractivity contribution >= 4 is 40.0 Å². The maximum Gasteiger partial charge on any atom is 0.308 e. The van der Waals surface area contributed by atoms with Gasteiger partial charge in [-0.1, -0.05) is 17.7 Å². The van der Waals surface area contributed by atoms with Gasteiger partial charge in [0.05, 0.1) is 12.6 Å². The number of anilines is 2. The van der Waals surface area contributed by atoms with E-state index in [4.69, 9.17) is 21.1 Å². The lowest BCUT2D eigenvalue weighted by Gasteiger charge is -2.13. The average Bonchev–Trinajstić information content (AvgIpc) is 2.57. The summed E-state index contributed by atoms with van der Waals surface area (Å²) in [5.41, 5.74) is 2.51. The van der Waals surface area contributed by atoms with E-state index in [2.05, 4.69) is 15.3 Å². The second-order valence-corrected chi connectivity index (χ2v) is 5.86. The molecule has 0 aliphatic heterocycles. The van der Waals surface area contributed by atoms with E-state index in [9.17, 15) is 4.79 Å². The van der Waals surface area contributed by atoms with Crippen LogP contribution in [0.5, 0.6) is 11.5 Å². The second-order valence-electron chi connectivity index (χ2n) is 5.42. The Bertz CT molecular complexity index is 960. The fourth-order valence-corrected chi connectivity index (χ4v) is 2.59. The fraction of sp³-hybridized carbons (Fsp3) is 0.167. The summed E-state index contributed by atoms with van der Waals surface area (Å²) in [5.74, 6) is 0.871. The molecule has 0 bridgehead atoms. The van der Waals surface area contributed by atoms with Gasteiger partial charge < -0.3 is 14.8 Å². The first kappa shape index (κ1) is 17.0. The number of hydrogen-bond acceptors (Lipinski definition) is 6. The molecule has 0 saturated heterocycles. The first-order valence-corrected chi connectivity index (χ1v) is 7.90. The molecule has 0 aliphatic rings. The van der Waals surface area contributed by atoms with Gasteiger partial charge in [-0.3, -0.25) is 4.79 Å². The number of rotatable bonds is 4. The minimum absolute atomic E-state index is 0.308. The van der Waals surface area contributed by atoms with Gasteiger partial charge in [-0.05, 0) is 30.7 Å². The topological polar surface area (TPSA) is 73.3 Å². The van der Waals surface area contributed by atoms with Gasteiger partial charge in [0, 0.05) is 29.1 Å². The zero-order valence-electron chi connectivity index (χ0n) is 14.0. The molecular weight excluding hydrogens is 342 g/mol. The Hall–Kier alpha value is -2.86. The lowest BCUT2D eigenvalue weighted by molar-refractivity contribution is -0.132. The van der Waals surface area contributed by atoms with Crippen LogP contribution in [0.2, 0.25) is 5.02 Å². The molecular formula is C18H16ClN3O3. The summed E-state index contributed by atoms with van der Waals surface area (Å²) >= 11 is 6.08. The van der Waals surface area contributed by atoms with Crippen LogP contribution < -0.4 is 14.8 Å². The normalized spacial score (nSPS) is 10.6. The zero-order valence-corrected chi connectivity index (χ0v) is 14.7. The third-order valence-corrected chi connectivity index (χ3v) is 3.86.